The Labute approximate surface area is 260 Å². The number of pyridine rings is 1. The van der Waals surface area contributed by atoms with Gasteiger partial charge in [-0.1, -0.05) is 0 Å². The molecule has 2 N–H and O–H groups in total. The van der Waals surface area contributed by atoms with Crippen molar-refractivity contribution >= 4 is 34.8 Å². The molecule has 5 aromatic rings. The Morgan fingerprint density at radius 2 is 1.67 bits per heavy atom. The molecular weight excluding hydrogens is 602 g/mol. The van der Waals surface area contributed by atoms with E-state index >= 15 is 4.39 Å². The average Bonchev–Trinajstić information content (AvgIpc) is 3.82. The number of fused-ring (bicyclic) bond motifs is 1. The summed E-state index contributed by atoms with van der Waals surface area (Å²) in [6, 6.07) is 15.5. The maximum atomic E-state index is 15.5. The molecule has 1 saturated carbocycles. The lowest BCUT2D eigenvalue weighted by molar-refractivity contribution is 0.0694. The second kappa shape index (κ2) is 11.2. The zero-order valence-electron chi connectivity index (χ0n) is 23.9. The normalized spacial score (nSPS) is 15.6. The number of carboxylic acid groups (broad SMARTS) is 1. The number of piperazine rings is 1. The third-order valence-corrected chi connectivity index (χ3v) is 8.76. The van der Waals surface area contributed by atoms with Gasteiger partial charge in [0.1, 0.15) is 22.9 Å². The number of phenolic OH excluding ortho intramolecular Hbond substituents is 1. The summed E-state index contributed by atoms with van der Waals surface area (Å²) in [5.41, 5.74) is 1.22. The number of aromatic carboxylic acids is 1. The Hall–Kier alpha value is -4.88. The third kappa shape index (κ3) is 5.38. The molecule has 230 valence electrons. The lowest BCUT2D eigenvalue weighted by atomic mass is 10.1. The number of rotatable bonds is 7. The van der Waals surface area contributed by atoms with Crippen LogP contribution in [0.4, 0.5) is 14.5 Å². The first-order valence-electron chi connectivity index (χ1n) is 14.5. The maximum Gasteiger partial charge on any atom is 0.341 e. The second-order valence-electron chi connectivity index (χ2n) is 11.3. The molecule has 0 spiro atoms. The smallest absolute Gasteiger partial charge is 0.341 e. The Morgan fingerprint density at radius 1 is 0.978 bits per heavy atom. The standard InChI is InChI=1S/C32H28F2N6O4S/c33-20-3-5-22(6-4-20)40-30(19-1-9-23(41)10-2-19)35-39(32(40)45)18-36-11-13-37(14-12-36)28-16-27-24(15-26(28)34)29(42)25(31(43)44)17-38(27)21-7-8-21/h1-6,9-10,15-17,21,41H,7-8,11-14,18H2,(H,43,44). The van der Waals surface area contributed by atoms with Crippen LogP contribution in [0.2, 0.25) is 0 Å². The molecule has 10 nitrogen and oxygen atoms in total. The van der Waals surface area contributed by atoms with Gasteiger partial charge in [0.15, 0.2) is 5.82 Å². The maximum absolute atomic E-state index is 15.5. The molecule has 0 atom stereocenters. The Bertz CT molecular complexity index is 2060. The molecule has 7 rings (SSSR count). The van der Waals surface area contributed by atoms with Crippen LogP contribution < -0.4 is 10.3 Å². The van der Waals surface area contributed by atoms with Crippen molar-refractivity contribution in [2.24, 2.45) is 0 Å². The topological polar surface area (TPSA) is 109 Å². The van der Waals surface area contributed by atoms with Crippen molar-refractivity contribution in [3.8, 4) is 22.8 Å². The molecule has 2 aromatic heterocycles. The summed E-state index contributed by atoms with van der Waals surface area (Å²) in [6.07, 6.45) is 3.12. The van der Waals surface area contributed by atoms with Crippen LogP contribution >= 0.6 is 12.2 Å². The molecule has 0 unspecified atom stereocenters. The summed E-state index contributed by atoms with van der Waals surface area (Å²) in [5.74, 6) is -1.61. The Morgan fingerprint density at radius 3 is 2.31 bits per heavy atom. The van der Waals surface area contributed by atoms with Crippen molar-refractivity contribution in [2.45, 2.75) is 25.6 Å². The monoisotopic (exact) mass is 630 g/mol. The predicted octanol–water partition coefficient (Wildman–Crippen LogP) is 5.18. The van der Waals surface area contributed by atoms with Crippen LogP contribution in [0.3, 0.4) is 0 Å². The molecule has 2 aliphatic rings. The van der Waals surface area contributed by atoms with Crippen molar-refractivity contribution in [1.82, 2.24) is 23.8 Å². The van der Waals surface area contributed by atoms with Gasteiger partial charge in [-0.25, -0.2) is 18.3 Å². The molecule has 3 heterocycles. The summed E-state index contributed by atoms with van der Waals surface area (Å²) in [7, 11) is 0. The first-order valence-corrected chi connectivity index (χ1v) is 14.9. The van der Waals surface area contributed by atoms with E-state index in [1.165, 1.54) is 18.3 Å². The molecule has 3 aromatic carbocycles. The van der Waals surface area contributed by atoms with E-state index in [0.29, 0.717) is 60.3 Å². The van der Waals surface area contributed by atoms with Crippen LogP contribution in [-0.4, -0.2) is 66.2 Å². The third-order valence-electron chi connectivity index (χ3n) is 8.37. The highest BCUT2D eigenvalue weighted by atomic mass is 32.1. The van der Waals surface area contributed by atoms with Crippen LogP contribution in [0.5, 0.6) is 5.75 Å². The molecular formula is C32H28F2N6O4S. The summed E-state index contributed by atoms with van der Waals surface area (Å²) in [5, 5.41) is 24.2. The van der Waals surface area contributed by atoms with Crippen LogP contribution in [0.1, 0.15) is 29.2 Å². The summed E-state index contributed by atoms with van der Waals surface area (Å²) >= 11 is 5.83. The Kier molecular flexibility index (Phi) is 7.21. The van der Waals surface area contributed by atoms with E-state index in [0.717, 1.165) is 24.5 Å². The van der Waals surface area contributed by atoms with Crippen molar-refractivity contribution in [3.63, 3.8) is 0 Å². The SMILES string of the molecule is O=C(O)c1cn(C2CC2)c2cc(N3CCN(Cn4nc(-c5ccc(O)cc5)n(-c5ccc(F)cc5)c4=S)CC3)c(F)cc2c1=O. The predicted molar refractivity (Wildman–Crippen MR) is 167 cm³/mol. The van der Waals surface area contributed by atoms with Gasteiger partial charge in [-0.15, -0.1) is 5.10 Å². The van der Waals surface area contributed by atoms with Crippen LogP contribution in [-0.2, 0) is 6.67 Å². The van der Waals surface area contributed by atoms with Crippen LogP contribution in [0.25, 0.3) is 28.0 Å². The first kappa shape index (κ1) is 28.9. The van der Waals surface area contributed by atoms with Gasteiger partial charge in [-0.3, -0.25) is 14.3 Å². The number of aromatic hydroxyl groups is 1. The minimum absolute atomic E-state index is 0.0669. The summed E-state index contributed by atoms with van der Waals surface area (Å²) in [4.78, 5) is 28.6. The van der Waals surface area contributed by atoms with Gasteiger partial charge in [0.25, 0.3) is 0 Å². The number of nitrogens with zero attached hydrogens (tertiary/aromatic N) is 6. The van der Waals surface area contributed by atoms with Crippen molar-refractivity contribution in [2.75, 3.05) is 31.1 Å². The van der Waals surface area contributed by atoms with Crippen molar-refractivity contribution in [1.29, 1.82) is 0 Å². The van der Waals surface area contributed by atoms with E-state index < -0.39 is 17.2 Å². The van der Waals surface area contributed by atoms with E-state index in [2.05, 4.69) is 4.90 Å². The number of aromatic nitrogens is 4. The van der Waals surface area contributed by atoms with Crippen LogP contribution in [0, 0.1) is 16.4 Å². The van der Waals surface area contributed by atoms with E-state index in [1.807, 2.05) is 4.90 Å². The van der Waals surface area contributed by atoms with E-state index in [-0.39, 0.29) is 28.6 Å². The number of phenols is 1. The highest BCUT2D eigenvalue weighted by Gasteiger charge is 2.29. The number of benzene rings is 3. The highest BCUT2D eigenvalue weighted by Crippen LogP contribution is 2.38. The molecule has 0 radical (unpaired) electrons. The summed E-state index contributed by atoms with van der Waals surface area (Å²) < 4.78 is 34.8. The minimum Gasteiger partial charge on any atom is -0.508 e. The molecule has 1 saturated heterocycles. The zero-order valence-corrected chi connectivity index (χ0v) is 24.8. The number of halogens is 2. The Balaban J connectivity index is 1.15. The van der Waals surface area contributed by atoms with Gasteiger partial charge >= 0.3 is 5.97 Å². The van der Waals surface area contributed by atoms with E-state index in [4.69, 9.17) is 17.3 Å². The number of hydrogen-bond acceptors (Lipinski definition) is 7. The van der Waals surface area contributed by atoms with Gasteiger partial charge < -0.3 is 19.7 Å². The van der Waals surface area contributed by atoms with Gasteiger partial charge in [0.2, 0.25) is 10.2 Å². The minimum atomic E-state index is -1.32. The molecule has 1 aliphatic carbocycles. The number of carboxylic acids is 1. The molecule has 0 amide bonds. The molecule has 0 bridgehead atoms. The molecule has 2 fully saturated rings. The van der Waals surface area contributed by atoms with Gasteiger partial charge in [0.05, 0.1) is 23.6 Å². The van der Waals surface area contributed by atoms with Crippen molar-refractivity contribution < 1.29 is 23.8 Å². The summed E-state index contributed by atoms with van der Waals surface area (Å²) in [6.45, 7) is 2.51. The molecule has 45 heavy (non-hydrogen) atoms. The average molecular weight is 631 g/mol. The zero-order chi connectivity index (χ0) is 31.4. The fourth-order valence-corrected chi connectivity index (χ4v) is 6.14. The second-order valence-corrected chi connectivity index (χ2v) is 11.7. The number of carbonyl (C=O) groups is 1. The lowest BCUT2D eigenvalue weighted by Crippen LogP contribution is -2.47. The van der Waals surface area contributed by atoms with E-state index in [1.54, 1.807) is 56.3 Å². The first-order chi connectivity index (χ1) is 21.7. The molecule has 1 aliphatic heterocycles. The number of hydrogen-bond donors (Lipinski definition) is 2. The largest absolute Gasteiger partial charge is 0.508 e. The lowest BCUT2D eigenvalue weighted by Gasteiger charge is -2.36. The molecule has 13 heteroatoms. The van der Waals surface area contributed by atoms with Gasteiger partial charge in [0, 0.05) is 49.4 Å². The quantitative estimate of drug-likeness (QED) is 0.237. The van der Waals surface area contributed by atoms with Crippen molar-refractivity contribution in [3.05, 3.63) is 99.1 Å². The number of anilines is 1. The van der Waals surface area contributed by atoms with E-state index in [9.17, 15) is 24.2 Å². The van der Waals surface area contributed by atoms with Gasteiger partial charge in [-0.2, -0.15) is 0 Å². The fraction of sp³-hybridized carbons (Fsp3) is 0.250. The highest BCUT2D eigenvalue weighted by molar-refractivity contribution is 7.71. The fourth-order valence-electron chi connectivity index (χ4n) is 5.85. The van der Waals surface area contributed by atoms with Gasteiger partial charge in [-0.05, 0) is 85.7 Å². The van der Waals surface area contributed by atoms with Crippen LogP contribution in [0.15, 0.2) is 71.7 Å².